The molecule has 1 aliphatic carbocycles. The van der Waals surface area contributed by atoms with Gasteiger partial charge in [0.2, 0.25) is 5.91 Å². The molecule has 128 valence electrons. The molecule has 3 rings (SSSR count). The Hall–Kier alpha value is -2.13. The SMILES string of the molecule is O=C(CC1CCCCC1)Nc1ccc(CO)cc1.c1ccccc1. The molecule has 24 heavy (non-hydrogen) atoms. The second-order valence-electron chi connectivity index (χ2n) is 6.27. The molecule has 3 heteroatoms. The predicted octanol–water partition coefficient (Wildman–Crippen LogP) is 4.77. The Balaban J connectivity index is 0.000000292. The van der Waals surface area contributed by atoms with Crippen molar-refractivity contribution in [3.8, 4) is 0 Å². The second-order valence-corrected chi connectivity index (χ2v) is 6.27. The van der Waals surface area contributed by atoms with E-state index in [0.717, 1.165) is 11.3 Å². The van der Waals surface area contributed by atoms with E-state index in [1.807, 2.05) is 60.7 Å². The van der Waals surface area contributed by atoms with E-state index in [1.165, 1.54) is 32.1 Å². The first-order valence-corrected chi connectivity index (χ1v) is 8.77. The van der Waals surface area contributed by atoms with E-state index in [0.29, 0.717) is 12.3 Å². The zero-order valence-corrected chi connectivity index (χ0v) is 14.2. The number of amides is 1. The van der Waals surface area contributed by atoms with Gasteiger partial charge in [-0.05, 0) is 36.5 Å². The van der Waals surface area contributed by atoms with E-state index < -0.39 is 0 Å². The highest BCUT2D eigenvalue weighted by molar-refractivity contribution is 5.90. The van der Waals surface area contributed by atoms with Gasteiger partial charge in [0.1, 0.15) is 0 Å². The normalized spacial score (nSPS) is 14.4. The van der Waals surface area contributed by atoms with Crippen LogP contribution < -0.4 is 5.32 Å². The van der Waals surface area contributed by atoms with Crippen molar-refractivity contribution in [3.05, 3.63) is 66.2 Å². The van der Waals surface area contributed by atoms with Gasteiger partial charge in [-0.15, -0.1) is 0 Å². The summed E-state index contributed by atoms with van der Waals surface area (Å²) in [5.41, 5.74) is 1.67. The summed E-state index contributed by atoms with van der Waals surface area (Å²) in [5, 5.41) is 11.9. The highest BCUT2D eigenvalue weighted by atomic mass is 16.3. The first-order chi connectivity index (χ1) is 11.8. The molecule has 0 spiro atoms. The Labute approximate surface area is 144 Å². The first-order valence-electron chi connectivity index (χ1n) is 8.77. The Morgan fingerprint density at radius 1 is 0.917 bits per heavy atom. The lowest BCUT2D eigenvalue weighted by Crippen LogP contribution is -2.18. The minimum absolute atomic E-state index is 0.0380. The van der Waals surface area contributed by atoms with Gasteiger partial charge >= 0.3 is 0 Å². The fraction of sp³-hybridized carbons (Fsp3) is 0.381. The highest BCUT2D eigenvalue weighted by Crippen LogP contribution is 2.26. The van der Waals surface area contributed by atoms with Crippen molar-refractivity contribution in [2.75, 3.05) is 5.32 Å². The van der Waals surface area contributed by atoms with Crippen LogP contribution in [0.4, 0.5) is 5.69 Å². The molecular weight excluding hydrogens is 298 g/mol. The van der Waals surface area contributed by atoms with Crippen LogP contribution in [0.25, 0.3) is 0 Å². The number of benzene rings is 2. The van der Waals surface area contributed by atoms with E-state index in [4.69, 9.17) is 5.11 Å². The minimum Gasteiger partial charge on any atom is -0.392 e. The summed E-state index contributed by atoms with van der Waals surface area (Å²) in [6.07, 6.45) is 6.88. The van der Waals surface area contributed by atoms with Crippen LogP contribution in [0, 0.1) is 5.92 Å². The summed E-state index contributed by atoms with van der Waals surface area (Å²) >= 11 is 0. The van der Waals surface area contributed by atoms with Gasteiger partial charge in [0.15, 0.2) is 0 Å². The summed E-state index contributed by atoms with van der Waals surface area (Å²) in [6.45, 7) is 0.0380. The molecule has 0 heterocycles. The largest absolute Gasteiger partial charge is 0.392 e. The lowest BCUT2D eigenvalue weighted by molar-refractivity contribution is -0.117. The molecule has 0 aliphatic heterocycles. The third-order valence-corrected chi connectivity index (χ3v) is 4.29. The molecule has 1 aliphatic rings. The fourth-order valence-electron chi connectivity index (χ4n) is 2.94. The molecule has 3 nitrogen and oxygen atoms in total. The van der Waals surface area contributed by atoms with Crippen molar-refractivity contribution in [1.29, 1.82) is 0 Å². The molecule has 1 amide bonds. The average molecular weight is 325 g/mol. The molecule has 0 bridgehead atoms. The van der Waals surface area contributed by atoms with Gasteiger partial charge < -0.3 is 10.4 Å². The molecule has 0 saturated heterocycles. The number of anilines is 1. The molecule has 1 saturated carbocycles. The topological polar surface area (TPSA) is 49.3 Å². The van der Waals surface area contributed by atoms with Crippen LogP contribution in [0.1, 0.15) is 44.1 Å². The zero-order valence-electron chi connectivity index (χ0n) is 14.2. The van der Waals surface area contributed by atoms with Crippen LogP contribution in [0.15, 0.2) is 60.7 Å². The van der Waals surface area contributed by atoms with Crippen molar-refractivity contribution in [2.24, 2.45) is 5.92 Å². The molecule has 1 fully saturated rings. The number of nitrogens with one attached hydrogen (secondary N) is 1. The maximum Gasteiger partial charge on any atom is 0.224 e. The molecule has 2 aromatic carbocycles. The Morgan fingerprint density at radius 2 is 1.46 bits per heavy atom. The number of carbonyl (C=O) groups is 1. The van der Waals surface area contributed by atoms with Crippen LogP contribution in [0.2, 0.25) is 0 Å². The van der Waals surface area contributed by atoms with E-state index in [1.54, 1.807) is 0 Å². The zero-order chi connectivity index (χ0) is 17.0. The van der Waals surface area contributed by atoms with Gasteiger partial charge in [0.25, 0.3) is 0 Å². The minimum atomic E-state index is 0.0380. The van der Waals surface area contributed by atoms with E-state index in [9.17, 15) is 4.79 Å². The number of rotatable bonds is 4. The maximum atomic E-state index is 11.9. The van der Waals surface area contributed by atoms with Crippen LogP contribution >= 0.6 is 0 Å². The van der Waals surface area contributed by atoms with Gasteiger partial charge in [-0.25, -0.2) is 0 Å². The average Bonchev–Trinajstić information content (AvgIpc) is 2.65. The van der Waals surface area contributed by atoms with Crippen LogP contribution in [-0.4, -0.2) is 11.0 Å². The number of carbonyl (C=O) groups excluding carboxylic acids is 1. The lowest BCUT2D eigenvalue weighted by atomic mass is 9.87. The van der Waals surface area contributed by atoms with Crippen LogP contribution in [-0.2, 0) is 11.4 Å². The predicted molar refractivity (Wildman–Crippen MR) is 98.6 cm³/mol. The van der Waals surface area contributed by atoms with Gasteiger partial charge in [0, 0.05) is 12.1 Å². The first kappa shape index (κ1) is 18.2. The Kier molecular flexibility index (Phi) is 8.05. The van der Waals surface area contributed by atoms with Crippen molar-refractivity contribution in [2.45, 2.75) is 45.1 Å². The summed E-state index contributed by atoms with van der Waals surface area (Å²) in [4.78, 5) is 11.9. The molecule has 0 atom stereocenters. The molecule has 0 radical (unpaired) electrons. The summed E-state index contributed by atoms with van der Waals surface area (Å²) in [6, 6.07) is 19.3. The fourth-order valence-corrected chi connectivity index (χ4v) is 2.94. The van der Waals surface area contributed by atoms with Crippen molar-refractivity contribution in [1.82, 2.24) is 0 Å². The van der Waals surface area contributed by atoms with Crippen LogP contribution in [0.3, 0.4) is 0 Å². The summed E-state index contributed by atoms with van der Waals surface area (Å²) in [5.74, 6) is 0.675. The van der Waals surface area contributed by atoms with Crippen molar-refractivity contribution < 1.29 is 9.90 Å². The standard InChI is InChI=1S/C15H21NO2.C6H6/c17-11-13-6-8-14(9-7-13)16-15(18)10-12-4-2-1-3-5-12;1-2-4-6-5-3-1/h6-9,12,17H,1-5,10-11H2,(H,16,18);1-6H. The van der Waals surface area contributed by atoms with Gasteiger partial charge in [0.05, 0.1) is 6.61 Å². The van der Waals surface area contributed by atoms with Gasteiger partial charge in [-0.1, -0.05) is 67.8 Å². The Bertz CT molecular complexity index is 548. The van der Waals surface area contributed by atoms with Crippen molar-refractivity contribution in [3.63, 3.8) is 0 Å². The molecule has 2 N–H and O–H groups in total. The van der Waals surface area contributed by atoms with Crippen molar-refractivity contribution >= 4 is 11.6 Å². The van der Waals surface area contributed by atoms with E-state index in [-0.39, 0.29) is 12.5 Å². The smallest absolute Gasteiger partial charge is 0.224 e. The molecule has 2 aromatic rings. The quantitative estimate of drug-likeness (QED) is 0.850. The van der Waals surface area contributed by atoms with E-state index >= 15 is 0 Å². The second kappa shape index (κ2) is 10.6. The monoisotopic (exact) mass is 325 g/mol. The third kappa shape index (κ3) is 6.97. The number of aliphatic hydroxyl groups excluding tert-OH is 1. The lowest BCUT2D eigenvalue weighted by Gasteiger charge is -2.20. The van der Waals surface area contributed by atoms with Gasteiger partial charge in [-0.3, -0.25) is 4.79 Å². The maximum absolute atomic E-state index is 11.9. The van der Waals surface area contributed by atoms with Crippen LogP contribution in [0.5, 0.6) is 0 Å². The highest BCUT2D eigenvalue weighted by Gasteiger charge is 2.16. The number of hydrogen-bond acceptors (Lipinski definition) is 2. The van der Waals surface area contributed by atoms with E-state index in [2.05, 4.69) is 5.32 Å². The molecule has 0 unspecified atom stereocenters. The third-order valence-electron chi connectivity index (χ3n) is 4.29. The summed E-state index contributed by atoms with van der Waals surface area (Å²) in [7, 11) is 0. The van der Waals surface area contributed by atoms with Gasteiger partial charge in [-0.2, -0.15) is 0 Å². The number of hydrogen-bond donors (Lipinski definition) is 2. The Morgan fingerprint density at radius 3 is 1.96 bits per heavy atom. The molecule has 0 aromatic heterocycles. The number of aliphatic hydroxyl groups is 1. The molecular formula is C21H27NO2. The summed E-state index contributed by atoms with van der Waals surface area (Å²) < 4.78 is 0.